The fourth-order valence-corrected chi connectivity index (χ4v) is 2.80. The lowest BCUT2D eigenvalue weighted by Crippen LogP contribution is -2.33. The minimum absolute atomic E-state index is 0.456. The molecule has 0 amide bonds. The van der Waals surface area contributed by atoms with Gasteiger partial charge in [0, 0.05) is 36.5 Å². The molecule has 0 saturated carbocycles. The molecule has 1 heterocycles. The second-order valence-corrected chi connectivity index (χ2v) is 6.30. The third kappa shape index (κ3) is 3.87. The molecule has 2 rings (SSSR count). The van der Waals surface area contributed by atoms with Gasteiger partial charge in [0.25, 0.3) is 0 Å². The van der Waals surface area contributed by atoms with Crippen molar-refractivity contribution in [1.82, 2.24) is 5.32 Å². The van der Waals surface area contributed by atoms with Gasteiger partial charge in [-0.05, 0) is 31.0 Å². The van der Waals surface area contributed by atoms with Crippen molar-refractivity contribution in [2.75, 3.05) is 31.7 Å². The lowest BCUT2D eigenvalue weighted by atomic mass is 10.1. The van der Waals surface area contributed by atoms with E-state index in [0.29, 0.717) is 12.0 Å². The number of hydrogen-bond donors (Lipinski definition) is 1. The van der Waals surface area contributed by atoms with E-state index in [1.54, 1.807) is 0 Å². The number of likely N-dealkylation sites (N-methyl/N-ethyl adjacent to an activating group) is 1. The van der Waals surface area contributed by atoms with Gasteiger partial charge in [-0.3, -0.25) is 0 Å². The molecular formula is C16H25ClN2O. The molecule has 0 spiro atoms. The summed E-state index contributed by atoms with van der Waals surface area (Å²) in [5.41, 5.74) is 2.40. The van der Waals surface area contributed by atoms with Crippen LogP contribution >= 0.6 is 11.6 Å². The van der Waals surface area contributed by atoms with E-state index in [1.165, 1.54) is 11.3 Å². The van der Waals surface area contributed by atoms with Crippen molar-refractivity contribution in [1.29, 1.82) is 0 Å². The van der Waals surface area contributed by atoms with Gasteiger partial charge >= 0.3 is 0 Å². The van der Waals surface area contributed by atoms with E-state index in [-0.39, 0.29) is 0 Å². The Balaban J connectivity index is 2.12. The topological polar surface area (TPSA) is 24.5 Å². The average molecular weight is 297 g/mol. The molecule has 1 atom stereocenters. The number of nitrogens with zero attached hydrogens (tertiary/aromatic N) is 1. The van der Waals surface area contributed by atoms with Crippen molar-refractivity contribution in [3.05, 3.63) is 28.8 Å². The van der Waals surface area contributed by atoms with Gasteiger partial charge in [-0.2, -0.15) is 0 Å². The highest BCUT2D eigenvalue weighted by Gasteiger charge is 2.22. The van der Waals surface area contributed by atoms with E-state index in [4.69, 9.17) is 16.3 Å². The zero-order valence-corrected chi connectivity index (χ0v) is 13.4. The van der Waals surface area contributed by atoms with E-state index in [9.17, 15) is 0 Å². The summed E-state index contributed by atoms with van der Waals surface area (Å²) in [5.74, 6) is 0.641. The van der Waals surface area contributed by atoms with Crippen LogP contribution in [0.3, 0.4) is 0 Å². The predicted octanol–water partition coefficient (Wildman–Crippen LogP) is 3.31. The van der Waals surface area contributed by atoms with Gasteiger partial charge in [0.2, 0.25) is 0 Å². The third-order valence-electron chi connectivity index (χ3n) is 3.78. The van der Waals surface area contributed by atoms with Gasteiger partial charge < -0.3 is 15.0 Å². The molecule has 1 saturated heterocycles. The maximum absolute atomic E-state index is 6.40. The van der Waals surface area contributed by atoms with Gasteiger partial charge in [0.1, 0.15) is 0 Å². The first-order chi connectivity index (χ1) is 9.59. The molecule has 1 aromatic carbocycles. The van der Waals surface area contributed by atoms with Gasteiger partial charge in [-0.15, -0.1) is 0 Å². The number of hydrogen-bond acceptors (Lipinski definition) is 3. The van der Waals surface area contributed by atoms with Crippen molar-refractivity contribution >= 4 is 17.3 Å². The predicted molar refractivity (Wildman–Crippen MR) is 85.6 cm³/mol. The monoisotopic (exact) mass is 296 g/mol. The first-order valence-electron chi connectivity index (χ1n) is 7.38. The average Bonchev–Trinajstić information content (AvgIpc) is 2.93. The number of rotatable bonds is 6. The number of benzene rings is 1. The number of nitrogens with one attached hydrogen (secondary N) is 1. The van der Waals surface area contributed by atoms with Crippen molar-refractivity contribution < 1.29 is 4.74 Å². The second kappa shape index (κ2) is 7.30. The van der Waals surface area contributed by atoms with Crippen molar-refractivity contribution in [2.24, 2.45) is 5.92 Å². The molecule has 3 nitrogen and oxygen atoms in total. The maximum atomic E-state index is 6.40. The summed E-state index contributed by atoms with van der Waals surface area (Å²) < 4.78 is 5.49. The van der Waals surface area contributed by atoms with Crippen LogP contribution in [0.15, 0.2) is 18.2 Å². The molecule has 112 valence electrons. The van der Waals surface area contributed by atoms with E-state index in [2.05, 4.69) is 37.2 Å². The molecule has 20 heavy (non-hydrogen) atoms. The van der Waals surface area contributed by atoms with Gasteiger partial charge in [0.05, 0.1) is 12.6 Å². The summed E-state index contributed by atoms with van der Waals surface area (Å²) in [6, 6.07) is 6.60. The lowest BCUT2D eigenvalue weighted by Gasteiger charge is -2.28. The first-order valence-corrected chi connectivity index (χ1v) is 7.76. The van der Waals surface area contributed by atoms with E-state index >= 15 is 0 Å². The summed E-state index contributed by atoms with van der Waals surface area (Å²) in [6.45, 7) is 7.90. The Bertz CT molecular complexity index is 430. The number of anilines is 1. The fourth-order valence-electron chi connectivity index (χ4n) is 2.56. The largest absolute Gasteiger partial charge is 0.379 e. The van der Waals surface area contributed by atoms with Crippen LogP contribution in [-0.2, 0) is 11.3 Å². The summed E-state index contributed by atoms with van der Waals surface area (Å²) in [6.07, 6.45) is 1.09. The third-order valence-corrected chi connectivity index (χ3v) is 4.14. The van der Waals surface area contributed by atoms with Crippen LogP contribution in [0.1, 0.15) is 25.8 Å². The summed E-state index contributed by atoms with van der Waals surface area (Å²) in [4.78, 5) is 2.31. The minimum Gasteiger partial charge on any atom is -0.379 e. The number of halogens is 1. The Hall–Kier alpha value is -0.770. The Morgan fingerprint density at radius 3 is 2.90 bits per heavy atom. The van der Waals surface area contributed by atoms with E-state index in [1.807, 2.05) is 12.1 Å². The van der Waals surface area contributed by atoms with Gasteiger partial charge in [0.15, 0.2) is 0 Å². The van der Waals surface area contributed by atoms with Crippen molar-refractivity contribution in [3.8, 4) is 0 Å². The van der Waals surface area contributed by atoms with Gasteiger partial charge in [-0.1, -0.05) is 31.5 Å². The summed E-state index contributed by atoms with van der Waals surface area (Å²) in [5, 5.41) is 4.32. The molecular weight excluding hydrogens is 272 g/mol. The van der Waals surface area contributed by atoms with Crippen LogP contribution in [0.2, 0.25) is 5.02 Å². The van der Waals surface area contributed by atoms with Crippen molar-refractivity contribution in [3.63, 3.8) is 0 Å². The Morgan fingerprint density at radius 1 is 1.45 bits per heavy atom. The molecule has 0 bridgehead atoms. The molecule has 1 aromatic rings. The zero-order valence-electron chi connectivity index (χ0n) is 12.7. The van der Waals surface area contributed by atoms with E-state index < -0.39 is 0 Å². The molecule has 1 aliphatic rings. The molecule has 1 unspecified atom stereocenters. The second-order valence-electron chi connectivity index (χ2n) is 5.89. The van der Waals surface area contributed by atoms with Crippen LogP contribution < -0.4 is 10.2 Å². The fraction of sp³-hybridized carbons (Fsp3) is 0.625. The molecule has 0 radical (unpaired) electrons. The molecule has 4 heteroatoms. The minimum atomic E-state index is 0.456. The first kappa shape index (κ1) is 15.6. The van der Waals surface area contributed by atoms with Crippen LogP contribution in [0.5, 0.6) is 0 Å². The molecule has 0 aromatic heterocycles. The summed E-state index contributed by atoms with van der Waals surface area (Å²) >= 11 is 6.40. The SMILES string of the molecule is CC(C)CNCc1c(Cl)cccc1N(C)C1CCOC1. The van der Waals surface area contributed by atoms with Crippen molar-refractivity contribution in [2.45, 2.75) is 32.9 Å². The Kier molecular flexibility index (Phi) is 5.70. The highest BCUT2D eigenvalue weighted by Crippen LogP contribution is 2.29. The normalized spacial score (nSPS) is 18.8. The quantitative estimate of drug-likeness (QED) is 0.871. The standard InChI is InChI=1S/C16H25ClN2O/c1-12(2)9-18-10-14-15(17)5-4-6-16(14)19(3)13-7-8-20-11-13/h4-6,12-13,18H,7-11H2,1-3H3. The lowest BCUT2D eigenvalue weighted by molar-refractivity contribution is 0.193. The van der Waals surface area contributed by atoms with Crippen LogP contribution in [0.25, 0.3) is 0 Å². The van der Waals surface area contributed by atoms with Crippen LogP contribution in [0.4, 0.5) is 5.69 Å². The highest BCUT2D eigenvalue weighted by atomic mass is 35.5. The number of ether oxygens (including phenoxy) is 1. The van der Waals surface area contributed by atoms with Crippen LogP contribution in [-0.4, -0.2) is 32.8 Å². The summed E-state index contributed by atoms with van der Waals surface area (Å²) in [7, 11) is 2.14. The Morgan fingerprint density at radius 2 is 2.25 bits per heavy atom. The molecule has 1 aliphatic heterocycles. The molecule has 0 aliphatic carbocycles. The Labute approximate surface area is 127 Å². The van der Waals surface area contributed by atoms with Gasteiger partial charge in [-0.25, -0.2) is 0 Å². The zero-order chi connectivity index (χ0) is 14.5. The van der Waals surface area contributed by atoms with Crippen LogP contribution in [0, 0.1) is 5.92 Å². The highest BCUT2D eigenvalue weighted by molar-refractivity contribution is 6.31. The van der Waals surface area contributed by atoms with E-state index in [0.717, 1.165) is 37.7 Å². The molecule has 1 N–H and O–H groups in total. The molecule has 1 fully saturated rings. The smallest absolute Gasteiger partial charge is 0.0670 e. The maximum Gasteiger partial charge on any atom is 0.0670 e.